The highest BCUT2D eigenvalue weighted by Gasteiger charge is 2.49. The molecule has 1 aliphatic carbocycles. The summed E-state index contributed by atoms with van der Waals surface area (Å²) in [4.78, 5) is 49.5. The van der Waals surface area contributed by atoms with Gasteiger partial charge in [0.1, 0.15) is 11.8 Å². The smallest absolute Gasteiger partial charge is 0.407 e. The van der Waals surface area contributed by atoms with E-state index in [4.69, 9.17) is 24.2 Å². The number of nitrogens with zero attached hydrogens (tertiary/aromatic N) is 2. The van der Waals surface area contributed by atoms with E-state index in [1.54, 1.807) is 6.08 Å². The van der Waals surface area contributed by atoms with Gasteiger partial charge in [-0.1, -0.05) is 69.8 Å². The lowest BCUT2D eigenvalue weighted by Crippen LogP contribution is -2.52. The van der Waals surface area contributed by atoms with E-state index in [1.165, 1.54) is 7.11 Å². The lowest BCUT2D eigenvalue weighted by molar-refractivity contribution is -0.149. The largest absolute Gasteiger partial charge is 0.473 e. The quantitative estimate of drug-likeness (QED) is 0.125. The number of methoxy groups -OCH3 is 1. The van der Waals surface area contributed by atoms with Crippen LogP contribution >= 0.6 is 0 Å². The zero-order valence-corrected chi connectivity index (χ0v) is 26.6. The van der Waals surface area contributed by atoms with E-state index in [1.807, 2.05) is 75.4 Å². The molecule has 2 aromatic carbocycles. The topological polar surface area (TPSA) is 117 Å². The van der Waals surface area contributed by atoms with Gasteiger partial charge in [0.25, 0.3) is 0 Å². The molecule has 3 aromatic rings. The van der Waals surface area contributed by atoms with Gasteiger partial charge in [0.05, 0.1) is 36.7 Å². The van der Waals surface area contributed by atoms with Gasteiger partial charge in [-0.25, -0.2) is 14.8 Å². The number of allylic oxidation sites excluding steroid dienone is 1. The van der Waals surface area contributed by atoms with Crippen LogP contribution in [0.5, 0.6) is 5.88 Å². The van der Waals surface area contributed by atoms with Gasteiger partial charge in [0.2, 0.25) is 5.88 Å². The third kappa shape index (κ3) is 8.35. The third-order valence-electron chi connectivity index (χ3n) is 8.05. The molecule has 0 aliphatic heterocycles. The van der Waals surface area contributed by atoms with Crippen molar-refractivity contribution in [3.05, 3.63) is 73.3 Å². The molecule has 1 saturated carbocycles. The van der Waals surface area contributed by atoms with Crippen molar-refractivity contribution in [1.82, 2.24) is 15.3 Å². The first-order chi connectivity index (χ1) is 21.5. The van der Waals surface area contributed by atoms with Crippen LogP contribution in [0, 0.1) is 17.3 Å². The van der Waals surface area contributed by atoms with Gasteiger partial charge in [-0.15, -0.1) is 6.58 Å². The van der Waals surface area contributed by atoms with Crippen LogP contribution < -0.4 is 10.1 Å². The number of ether oxygens (including phenoxy) is 3. The Bertz CT molecular complexity index is 1550. The van der Waals surface area contributed by atoms with Gasteiger partial charge in [-0.05, 0) is 61.3 Å². The Kier molecular flexibility index (Phi) is 11.1. The van der Waals surface area contributed by atoms with Gasteiger partial charge in [0, 0.05) is 11.5 Å². The molecule has 4 rings (SSSR count). The summed E-state index contributed by atoms with van der Waals surface area (Å²) in [5.74, 6) is -1.96. The Morgan fingerprint density at radius 1 is 1.00 bits per heavy atom. The van der Waals surface area contributed by atoms with E-state index < -0.39 is 41.5 Å². The van der Waals surface area contributed by atoms with E-state index in [2.05, 4.69) is 18.5 Å². The molecule has 45 heavy (non-hydrogen) atoms. The number of hydrogen-bond donors (Lipinski definition) is 1. The second kappa shape index (κ2) is 15.0. The van der Waals surface area contributed by atoms with Crippen LogP contribution in [0.15, 0.2) is 67.8 Å². The molecule has 1 fully saturated rings. The summed E-state index contributed by atoms with van der Waals surface area (Å²) in [6.45, 7) is 13.4. The molecule has 1 aliphatic rings. The fourth-order valence-corrected chi connectivity index (χ4v) is 5.68. The summed E-state index contributed by atoms with van der Waals surface area (Å²) >= 11 is 0. The standard InChI is InChI=1S/C36H43N3O6/c1-7-9-10-13-19-44-35(42)39-32(36(3,4)5)31(40)26-21-25(22-27(26)34(41)43-6)45-33-30(24-16-14-15-23(8-2)20-24)37-28-17-11-12-18-29(28)38-33/h7-8,11-12,14-18,20,25-27,32H,1-2,9-10,13,19,21-22H2,3-6H3,(H,39,42)/t25-,26?,27+,32+/m0/s1. The Labute approximate surface area is 265 Å². The minimum Gasteiger partial charge on any atom is -0.473 e. The van der Waals surface area contributed by atoms with Crippen LogP contribution in [0.4, 0.5) is 4.79 Å². The van der Waals surface area contributed by atoms with Crippen LogP contribution in [0.25, 0.3) is 28.4 Å². The number of ketones is 1. The summed E-state index contributed by atoms with van der Waals surface area (Å²) < 4.78 is 17.0. The maximum absolute atomic E-state index is 14.1. The normalized spacial score (nSPS) is 18.5. The zero-order chi connectivity index (χ0) is 32.6. The average Bonchev–Trinajstić information content (AvgIpc) is 3.45. The molecule has 9 heteroatoms. The molecule has 0 spiro atoms. The van der Waals surface area contributed by atoms with Crippen molar-refractivity contribution in [2.24, 2.45) is 17.3 Å². The van der Waals surface area contributed by atoms with Crippen molar-refractivity contribution in [3.63, 3.8) is 0 Å². The third-order valence-corrected chi connectivity index (χ3v) is 8.05. The molecule has 1 heterocycles. The van der Waals surface area contributed by atoms with Crippen LogP contribution in [0.3, 0.4) is 0 Å². The number of fused-ring (bicyclic) bond motifs is 1. The summed E-state index contributed by atoms with van der Waals surface area (Å²) in [5.41, 5.74) is 2.99. The molecular formula is C36H43N3O6. The number of amides is 1. The number of aromatic nitrogens is 2. The minimum atomic E-state index is -0.897. The number of para-hydroxylation sites is 2. The van der Waals surface area contributed by atoms with Gasteiger partial charge in [0.15, 0.2) is 5.78 Å². The summed E-state index contributed by atoms with van der Waals surface area (Å²) in [7, 11) is 1.31. The van der Waals surface area contributed by atoms with E-state index in [0.29, 0.717) is 29.0 Å². The lowest BCUT2D eigenvalue weighted by atomic mass is 9.77. The minimum absolute atomic E-state index is 0.236. The van der Waals surface area contributed by atoms with Crippen LogP contribution in [-0.4, -0.2) is 53.7 Å². The number of Topliss-reactive ketones (excluding diaryl/α,β-unsaturated/α-hetero) is 1. The van der Waals surface area contributed by atoms with Gasteiger partial charge >= 0.3 is 12.1 Å². The average molecular weight is 614 g/mol. The molecule has 238 valence electrons. The number of carbonyl (C=O) groups excluding carboxylic acids is 3. The van der Waals surface area contributed by atoms with Crippen molar-refractivity contribution in [2.45, 2.75) is 65.0 Å². The number of nitrogens with one attached hydrogen (secondary N) is 1. The fourth-order valence-electron chi connectivity index (χ4n) is 5.68. The van der Waals surface area contributed by atoms with Crippen molar-refractivity contribution < 1.29 is 28.6 Å². The van der Waals surface area contributed by atoms with Crippen molar-refractivity contribution in [1.29, 1.82) is 0 Å². The maximum Gasteiger partial charge on any atom is 0.407 e. The van der Waals surface area contributed by atoms with Gasteiger partial charge in [-0.2, -0.15) is 0 Å². The highest BCUT2D eigenvalue weighted by atomic mass is 16.5. The summed E-state index contributed by atoms with van der Waals surface area (Å²) in [6.07, 6.45) is 5.24. The Morgan fingerprint density at radius 3 is 2.38 bits per heavy atom. The predicted molar refractivity (Wildman–Crippen MR) is 174 cm³/mol. The second-order valence-electron chi connectivity index (χ2n) is 12.4. The van der Waals surface area contributed by atoms with Gasteiger partial charge in [-0.3, -0.25) is 9.59 Å². The molecule has 9 nitrogen and oxygen atoms in total. The molecule has 1 aromatic heterocycles. The summed E-state index contributed by atoms with van der Waals surface area (Å²) in [5, 5.41) is 2.77. The van der Waals surface area contributed by atoms with E-state index in [-0.39, 0.29) is 25.2 Å². The summed E-state index contributed by atoms with van der Waals surface area (Å²) in [6, 6.07) is 14.4. The molecular weight excluding hydrogens is 570 g/mol. The lowest BCUT2D eigenvalue weighted by Gasteiger charge is -2.32. The van der Waals surface area contributed by atoms with Crippen molar-refractivity contribution in [3.8, 4) is 17.1 Å². The Balaban J connectivity index is 1.60. The van der Waals surface area contributed by atoms with Crippen molar-refractivity contribution >= 4 is 35.0 Å². The molecule has 0 bridgehead atoms. The first kappa shape index (κ1) is 33.4. The number of benzene rings is 2. The molecule has 1 N–H and O–H groups in total. The van der Waals surface area contributed by atoms with E-state index in [9.17, 15) is 14.4 Å². The molecule has 4 atom stereocenters. The SMILES string of the molecule is C=CCCCCOC(=O)N[C@H](C(=O)C1C[C@H](Oc2nc3ccccc3nc2-c2cccc(C=C)c2)C[C@H]1C(=O)OC)C(C)(C)C. The number of alkyl carbamates (subject to hydrolysis) is 1. The molecule has 1 amide bonds. The number of carbonyl (C=O) groups is 3. The van der Waals surface area contributed by atoms with E-state index >= 15 is 0 Å². The zero-order valence-electron chi connectivity index (χ0n) is 26.6. The number of esters is 1. The van der Waals surface area contributed by atoms with Crippen LogP contribution in [0.2, 0.25) is 0 Å². The second-order valence-corrected chi connectivity index (χ2v) is 12.4. The molecule has 0 saturated heterocycles. The molecule has 0 radical (unpaired) electrons. The predicted octanol–water partition coefficient (Wildman–Crippen LogP) is 6.95. The van der Waals surface area contributed by atoms with Gasteiger partial charge < -0.3 is 19.5 Å². The van der Waals surface area contributed by atoms with E-state index in [0.717, 1.165) is 24.0 Å². The number of hydrogen-bond acceptors (Lipinski definition) is 8. The van der Waals surface area contributed by atoms with Crippen molar-refractivity contribution in [2.75, 3.05) is 13.7 Å². The monoisotopic (exact) mass is 613 g/mol. The Hall–Kier alpha value is -4.53. The van der Waals surface area contributed by atoms with Crippen LogP contribution in [0.1, 0.15) is 58.4 Å². The fraction of sp³-hybridized carbons (Fsp3) is 0.417. The van der Waals surface area contributed by atoms with Crippen LogP contribution in [-0.2, 0) is 19.1 Å². The first-order valence-corrected chi connectivity index (χ1v) is 15.4. The Morgan fingerprint density at radius 2 is 1.71 bits per heavy atom. The number of unbranched alkanes of at least 4 members (excludes halogenated alkanes) is 2. The molecule has 1 unspecified atom stereocenters. The highest BCUT2D eigenvalue weighted by molar-refractivity contribution is 5.93. The maximum atomic E-state index is 14.1. The first-order valence-electron chi connectivity index (χ1n) is 15.4. The number of rotatable bonds is 13. The highest BCUT2D eigenvalue weighted by Crippen LogP contribution is 2.40.